The Bertz CT molecular complexity index is 1880. The zero-order chi connectivity index (χ0) is 28.7. The minimum atomic E-state index is -1.19. The smallest absolute Gasteiger partial charge is 0.192 e. The number of aliphatic hydroxyl groups excluding tert-OH is 3. The predicted octanol–water partition coefficient (Wildman–Crippen LogP) is 6.56. The Morgan fingerprint density at radius 1 is 0.805 bits per heavy atom. The summed E-state index contributed by atoms with van der Waals surface area (Å²) in [4.78, 5) is 11.1. The summed E-state index contributed by atoms with van der Waals surface area (Å²) in [6.07, 6.45) is 2.59. The maximum absolute atomic E-state index is 11.1. The molecule has 4 unspecified atom stereocenters. The summed E-state index contributed by atoms with van der Waals surface area (Å²) in [6.45, 7) is 2.15. The van der Waals surface area contributed by atoms with Crippen LogP contribution in [0.5, 0.6) is 0 Å². The summed E-state index contributed by atoms with van der Waals surface area (Å²) >= 11 is 6.16. The highest BCUT2D eigenvalue weighted by Gasteiger charge is 2.40. The molecule has 3 N–H and O–H groups in total. The van der Waals surface area contributed by atoms with E-state index >= 15 is 0 Å². The predicted molar refractivity (Wildman–Crippen MR) is 164 cm³/mol. The van der Waals surface area contributed by atoms with Gasteiger partial charge in [0.1, 0.15) is 17.8 Å². The van der Waals surface area contributed by atoms with Crippen LogP contribution in [0, 0.1) is 0 Å². The van der Waals surface area contributed by atoms with Crippen LogP contribution in [0.2, 0.25) is 0 Å². The third kappa shape index (κ3) is 4.81. The van der Waals surface area contributed by atoms with Gasteiger partial charge in [-0.3, -0.25) is 4.79 Å². The molecular weight excluding hydrogens is 536 g/mol. The quantitative estimate of drug-likeness (QED) is 0.211. The zero-order valence-electron chi connectivity index (χ0n) is 22.4. The van der Waals surface area contributed by atoms with Crippen molar-refractivity contribution in [3.05, 3.63) is 136 Å². The first-order valence-electron chi connectivity index (χ1n) is 13.6. The number of fused-ring (bicyclic) bond motifs is 5. The SMILES string of the molecule is CCc1ccccc1-c1ccc2c3c(ccc2c1)C1=C(C(O)C(Cl)C=C1)C(O)C3O.O=c1ccoc2ccccc12. The molecule has 0 fully saturated rings. The van der Waals surface area contributed by atoms with Crippen molar-refractivity contribution >= 4 is 38.9 Å². The van der Waals surface area contributed by atoms with Gasteiger partial charge < -0.3 is 19.7 Å². The molecule has 5 aromatic rings. The van der Waals surface area contributed by atoms with Gasteiger partial charge in [0, 0.05) is 6.07 Å². The molecule has 5 nitrogen and oxygen atoms in total. The lowest BCUT2D eigenvalue weighted by Gasteiger charge is -2.36. The minimum Gasteiger partial charge on any atom is -0.464 e. The van der Waals surface area contributed by atoms with Crippen molar-refractivity contribution in [2.75, 3.05) is 0 Å². The highest BCUT2D eigenvalue weighted by Crippen LogP contribution is 2.46. The van der Waals surface area contributed by atoms with Crippen molar-refractivity contribution in [3.8, 4) is 11.1 Å². The molecule has 0 bridgehead atoms. The first-order valence-corrected chi connectivity index (χ1v) is 14.0. The van der Waals surface area contributed by atoms with E-state index in [1.54, 1.807) is 18.2 Å². The van der Waals surface area contributed by atoms with E-state index in [9.17, 15) is 20.1 Å². The van der Waals surface area contributed by atoms with Gasteiger partial charge in [0.25, 0.3) is 0 Å². The maximum Gasteiger partial charge on any atom is 0.192 e. The van der Waals surface area contributed by atoms with E-state index < -0.39 is 23.7 Å². The molecule has 0 spiro atoms. The second-order valence-corrected chi connectivity index (χ2v) is 10.8. The summed E-state index contributed by atoms with van der Waals surface area (Å²) in [6, 6.07) is 27.2. The summed E-state index contributed by atoms with van der Waals surface area (Å²) in [5.74, 6) is 0. The van der Waals surface area contributed by atoms with E-state index in [0.717, 1.165) is 33.9 Å². The fraction of sp³-hybridized carbons (Fsp3) is 0.171. The summed E-state index contributed by atoms with van der Waals surface area (Å²) < 4.78 is 5.09. The van der Waals surface area contributed by atoms with E-state index in [1.165, 1.54) is 23.5 Å². The molecule has 6 heteroatoms. The van der Waals surface area contributed by atoms with Crippen molar-refractivity contribution in [2.45, 2.75) is 37.0 Å². The maximum atomic E-state index is 11.1. The zero-order valence-corrected chi connectivity index (χ0v) is 23.1. The molecule has 0 amide bonds. The molecule has 0 aliphatic heterocycles. The van der Waals surface area contributed by atoms with Gasteiger partial charge in [0.15, 0.2) is 5.43 Å². The molecule has 1 aromatic heterocycles. The Labute approximate surface area is 242 Å². The number of para-hydroxylation sites is 1. The molecule has 2 aliphatic carbocycles. The second-order valence-electron chi connectivity index (χ2n) is 10.3. The average Bonchev–Trinajstić information content (AvgIpc) is 3.01. The van der Waals surface area contributed by atoms with Gasteiger partial charge in [-0.1, -0.05) is 79.7 Å². The number of allylic oxidation sites excluding steroid dienone is 2. The lowest BCUT2D eigenvalue weighted by atomic mass is 9.75. The normalized spacial score (nSPS) is 21.3. The standard InChI is InChI=1S/C26H23ClO3.C9H6O2/c1-2-14-5-3-4-6-17(14)15-7-9-18-16(13-15)8-10-19-20-11-12-21(27)24(28)23(20)26(30)25(29)22(18)19;10-8-5-6-11-9-4-2-1-3-7(8)9/h3-13,21,24-26,28-30H,2H2,1H3;1-6H. The van der Waals surface area contributed by atoms with Crippen LogP contribution in [-0.4, -0.2) is 32.9 Å². The van der Waals surface area contributed by atoms with Gasteiger partial charge in [0.05, 0.1) is 23.1 Å². The van der Waals surface area contributed by atoms with Gasteiger partial charge in [-0.05, 0) is 74.4 Å². The Morgan fingerprint density at radius 2 is 1.59 bits per heavy atom. The molecule has 4 aromatic carbocycles. The first-order chi connectivity index (χ1) is 19.9. The molecule has 2 aliphatic rings. The Morgan fingerprint density at radius 3 is 2.39 bits per heavy atom. The topological polar surface area (TPSA) is 90.9 Å². The number of aryl methyl sites for hydroxylation is 1. The number of alkyl halides is 1. The van der Waals surface area contributed by atoms with Gasteiger partial charge in [-0.2, -0.15) is 0 Å². The lowest BCUT2D eigenvalue weighted by Crippen LogP contribution is -2.37. The highest BCUT2D eigenvalue weighted by molar-refractivity contribution is 6.23. The van der Waals surface area contributed by atoms with Crippen molar-refractivity contribution < 1.29 is 19.7 Å². The van der Waals surface area contributed by atoms with E-state index in [-0.39, 0.29) is 5.43 Å². The van der Waals surface area contributed by atoms with Crippen LogP contribution >= 0.6 is 11.6 Å². The van der Waals surface area contributed by atoms with Gasteiger partial charge in [-0.25, -0.2) is 0 Å². The first kappa shape index (κ1) is 27.2. The largest absolute Gasteiger partial charge is 0.464 e. The lowest BCUT2D eigenvalue weighted by molar-refractivity contribution is 0.0249. The average molecular weight is 565 g/mol. The molecule has 0 saturated heterocycles. The van der Waals surface area contributed by atoms with Crippen LogP contribution in [0.4, 0.5) is 0 Å². The van der Waals surface area contributed by atoms with Gasteiger partial charge in [0.2, 0.25) is 0 Å². The van der Waals surface area contributed by atoms with E-state index in [0.29, 0.717) is 22.1 Å². The van der Waals surface area contributed by atoms with Crippen molar-refractivity contribution in [1.29, 1.82) is 0 Å². The molecule has 4 atom stereocenters. The summed E-state index contributed by atoms with van der Waals surface area (Å²) in [5, 5.41) is 34.2. The van der Waals surface area contributed by atoms with E-state index in [4.69, 9.17) is 16.0 Å². The molecule has 7 rings (SSSR count). The number of rotatable bonds is 2. The van der Waals surface area contributed by atoms with Crippen LogP contribution in [0.3, 0.4) is 0 Å². The van der Waals surface area contributed by atoms with Crippen LogP contribution < -0.4 is 5.43 Å². The van der Waals surface area contributed by atoms with Crippen molar-refractivity contribution in [3.63, 3.8) is 0 Å². The minimum absolute atomic E-state index is 0.00634. The highest BCUT2D eigenvalue weighted by atomic mass is 35.5. The Balaban J connectivity index is 0.000000229. The fourth-order valence-corrected chi connectivity index (χ4v) is 6.05. The molecule has 1 heterocycles. The van der Waals surface area contributed by atoms with E-state index in [2.05, 4.69) is 37.3 Å². The Kier molecular flexibility index (Phi) is 7.37. The molecule has 0 radical (unpaired) electrons. The van der Waals surface area contributed by atoms with Crippen LogP contribution in [0.1, 0.15) is 29.7 Å². The van der Waals surface area contributed by atoms with Crippen molar-refractivity contribution in [2.24, 2.45) is 0 Å². The van der Waals surface area contributed by atoms with Crippen molar-refractivity contribution in [1.82, 2.24) is 0 Å². The molecule has 0 saturated carbocycles. The summed E-state index contributed by atoms with van der Waals surface area (Å²) in [5.41, 5.74) is 6.93. The number of halogens is 1. The fourth-order valence-electron chi connectivity index (χ4n) is 5.85. The van der Waals surface area contributed by atoms with Gasteiger partial charge >= 0.3 is 0 Å². The van der Waals surface area contributed by atoms with Crippen LogP contribution in [0.15, 0.2) is 118 Å². The monoisotopic (exact) mass is 564 g/mol. The Hall–Kier alpha value is -4.00. The number of hydrogen-bond donors (Lipinski definition) is 3. The third-order valence-corrected chi connectivity index (χ3v) is 8.30. The molecular formula is C35H29ClO5. The van der Waals surface area contributed by atoms with E-state index in [1.807, 2.05) is 42.5 Å². The number of aliphatic hydroxyl groups is 3. The summed E-state index contributed by atoms with van der Waals surface area (Å²) in [7, 11) is 0. The van der Waals surface area contributed by atoms with Gasteiger partial charge in [-0.15, -0.1) is 11.6 Å². The third-order valence-electron chi connectivity index (χ3n) is 7.92. The van der Waals surface area contributed by atoms with Crippen LogP contribution in [0.25, 0.3) is 38.4 Å². The van der Waals surface area contributed by atoms with Crippen LogP contribution in [-0.2, 0) is 6.42 Å². The second kappa shape index (κ2) is 11.1. The number of benzene rings is 4. The number of hydrogen-bond acceptors (Lipinski definition) is 5. The molecule has 41 heavy (non-hydrogen) atoms. The molecule has 206 valence electrons.